The number of hydrogen-bond donors (Lipinski definition) is 21. The molecular formula is C105H183N21O15. The third kappa shape index (κ3) is 74.6. The van der Waals surface area contributed by atoms with Gasteiger partial charge in [-0.1, -0.05) is 168 Å². The lowest BCUT2D eigenvalue weighted by atomic mass is 9.92. The summed E-state index contributed by atoms with van der Waals surface area (Å²) < 4.78 is 0. The first-order chi connectivity index (χ1) is 64.1. The molecule has 0 aromatic rings. The molecule has 36 heteroatoms. The molecule has 0 aromatic heterocycles. The summed E-state index contributed by atoms with van der Waals surface area (Å²) in [6.45, 7) is 117. The third-order valence-electron chi connectivity index (χ3n) is 18.5. The van der Waals surface area contributed by atoms with Gasteiger partial charge in [0.15, 0.2) is 0 Å². The predicted octanol–water partition coefficient (Wildman–Crippen LogP) is 6.67. The van der Waals surface area contributed by atoms with Crippen LogP contribution in [0.1, 0.15) is 215 Å². The van der Waals surface area contributed by atoms with Gasteiger partial charge in [0.2, 0.25) is 88.6 Å². The number of nitrogens with one attached hydrogen (secondary N) is 21. The van der Waals surface area contributed by atoms with Crippen LogP contribution < -0.4 is 112 Å². The molecule has 0 aliphatic carbocycles. The van der Waals surface area contributed by atoms with Crippen molar-refractivity contribution < 1.29 is 71.9 Å². The maximum atomic E-state index is 12.0. The van der Waals surface area contributed by atoms with Crippen molar-refractivity contribution in [1.82, 2.24) is 112 Å². The maximum absolute atomic E-state index is 12.0. The Labute approximate surface area is 844 Å². The Bertz CT molecular complexity index is 4130. The molecular weight excluding hydrogens is 1800 g/mol. The summed E-state index contributed by atoms with van der Waals surface area (Å²) in [5.41, 5.74) is 3.32. The Balaban J connectivity index is -0.000000390. The summed E-state index contributed by atoms with van der Waals surface area (Å²) in [6.07, 6.45) is 0. The molecule has 141 heavy (non-hydrogen) atoms. The molecule has 0 aliphatic heterocycles. The van der Waals surface area contributed by atoms with Crippen LogP contribution in [0.3, 0.4) is 0 Å². The van der Waals surface area contributed by atoms with Gasteiger partial charge in [0.25, 0.3) is 0 Å². The van der Waals surface area contributed by atoms with Crippen LogP contribution in [0.5, 0.6) is 0 Å². The SMILES string of the molecule is C=C(C)C(=O)NCC(CNC(=O)C(=C)C)(CNC(=O)C(=C)C)NC(C)(C)C.C=C(C)C(=O)NCC(CNC(=O)C(=C)C)(CNC(=O)C(=C)C)NC(C)C.C=C(C)C(=O)NCC(CNC(=O)C(=C)C)(CNC(=O)C(=C)C)NCC(C)(C)C.C=C(C)C(=O)NCC(CNC(=O)C(=C)C)NC(C)(C)C.C=C(C)C(=O)NCC(CNC(=O)C(=C)C)NC(C)C.C=C(C)C(=O)NCC(CNC(=O)C(=C)C)NCC(C)(C)C. The van der Waals surface area contributed by atoms with Gasteiger partial charge in [0, 0.05) is 236 Å². The molecule has 0 heterocycles. The molecule has 0 fully saturated rings. The largest absolute Gasteiger partial charge is 0.351 e. The molecule has 36 nitrogen and oxygen atoms in total. The normalized spacial score (nSPS) is 11.1. The minimum atomic E-state index is -0.834. The second-order valence-corrected chi connectivity index (χ2v) is 41.3. The van der Waals surface area contributed by atoms with Crippen molar-refractivity contribution in [3.63, 3.8) is 0 Å². The van der Waals surface area contributed by atoms with Crippen LogP contribution in [-0.2, 0) is 71.9 Å². The van der Waals surface area contributed by atoms with Crippen LogP contribution in [0.15, 0.2) is 182 Å². The lowest BCUT2D eigenvalue weighted by molar-refractivity contribution is -0.120. The van der Waals surface area contributed by atoms with Gasteiger partial charge in [-0.3, -0.25) is 71.9 Å². The molecule has 0 aromatic carbocycles. The third-order valence-corrected chi connectivity index (χ3v) is 18.5. The van der Waals surface area contributed by atoms with E-state index in [1.807, 2.05) is 69.2 Å². The highest BCUT2D eigenvalue weighted by atomic mass is 16.2. The second-order valence-electron chi connectivity index (χ2n) is 41.3. The van der Waals surface area contributed by atoms with E-state index in [0.717, 1.165) is 6.54 Å². The van der Waals surface area contributed by atoms with Crippen LogP contribution in [-0.4, -0.2) is 258 Å². The van der Waals surface area contributed by atoms with Gasteiger partial charge in [-0.2, -0.15) is 0 Å². The zero-order valence-electron chi connectivity index (χ0n) is 91.6. The van der Waals surface area contributed by atoms with Crippen LogP contribution in [0.2, 0.25) is 0 Å². The van der Waals surface area contributed by atoms with Crippen molar-refractivity contribution in [2.24, 2.45) is 10.8 Å². The van der Waals surface area contributed by atoms with Gasteiger partial charge in [0.05, 0.1) is 16.6 Å². The van der Waals surface area contributed by atoms with Crippen molar-refractivity contribution in [3.05, 3.63) is 182 Å². The highest BCUT2D eigenvalue weighted by Crippen LogP contribution is 2.17. The number of carbonyl (C=O) groups excluding carboxylic acids is 15. The molecule has 0 atom stereocenters. The molecule has 0 spiro atoms. The highest BCUT2D eigenvalue weighted by molar-refractivity contribution is 5.98. The zero-order chi connectivity index (χ0) is 112. The number of rotatable bonds is 55. The average Bonchev–Trinajstić information content (AvgIpc) is 0.822. The highest BCUT2D eigenvalue weighted by Gasteiger charge is 2.38. The van der Waals surface area contributed by atoms with Crippen molar-refractivity contribution in [1.29, 1.82) is 0 Å². The standard InChI is InChI=1S/C21H36N4O3.C20H34N4O3.C19H32N4O3.C16H29N3O2.C15H27N3O2.C14H25N3O2/c1-14(2)17(26)22-11-21(25-10-20(7,8)9,12-23-18(27)15(3)4)13-24-19(28)16(5)6;1-13(2)16(25)21-10-20(24-19(7,8)9,11-22-17(26)14(3)4)12-23-18(27)15(5)6;1-12(2)16(24)20-9-19(23-15(7)8,10-21-17(25)13(3)4)11-22-18(26)14(5)6;1-11(2)14(20)17-8-13(19-10-16(5,6)7)9-18-15(21)12(3)4;1-10(2)13(19)16-8-12(18-15(5,6)7)9-17-14(20)11(3)4;1-9(2)13(18)15-7-12(17-11(5)6)8-16-14(19)10(3)4/h25H,1,3,5,10-13H2,2,4,6-9H3,(H,22,26)(H,23,27)(H,24,28);24H,1,3,5,10-12H2,2,4,6-9H3,(H,21,25)(H,22,26)(H,23,27);15,23H,1,3,5,9-11H2,2,4,6-8H3,(H,20,24)(H,21,25)(H,22,26);13,19H,1,3,8-10H2,2,4-7H3,(H,17,20)(H,18,21);12,18H,1,3,8-9H2,2,4-7H3,(H,16,19)(H,17,20);11-12,17H,1,3,7-8H2,2,4-6H3,(H,15,18)(H,16,19). The Morgan fingerprint density at radius 3 is 0.546 bits per heavy atom. The fourth-order valence-electron chi connectivity index (χ4n) is 10.8. The second kappa shape index (κ2) is 68.9. The molecule has 0 saturated carbocycles. The Hall–Kier alpha value is -12.1. The topological polar surface area (TPSA) is 509 Å². The van der Waals surface area contributed by atoms with Crippen LogP contribution >= 0.6 is 0 Å². The number of hydrogen-bond acceptors (Lipinski definition) is 21. The van der Waals surface area contributed by atoms with Crippen molar-refractivity contribution in [3.8, 4) is 0 Å². The smallest absolute Gasteiger partial charge is 0.246 e. The van der Waals surface area contributed by atoms with Gasteiger partial charge < -0.3 is 112 Å². The van der Waals surface area contributed by atoms with Crippen molar-refractivity contribution >= 4 is 88.6 Å². The Kier molecular flexibility index (Phi) is 68.2. The summed E-state index contributed by atoms with van der Waals surface area (Å²) in [5, 5.41) is 62.1. The van der Waals surface area contributed by atoms with Gasteiger partial charge in [0.1, 0.15) is 0 Å². The van der Waals surface area contributed by atoms with Gasteiger partial charge >= 0.3 is 0 Å². The first kappa shape index (κ1) is 140. The van der Waals surface area contributed by atoms with E-state index in [-0.39, 0.29) is 200 Å². The van der Waals surface area contributed by atoms with Crippen LogP contribution in [0.25, 0.3) is 0 Å². The molecule has 798 valence electrons. The van der Waals surface area contributed by atoms with Crippen LogP contribution in [0, 0.1) is 10.8 Å². The van der Waals surface area contributed by atoms with Crippen molar-refractivity contribution in [2.45, 2.75) is 273 Å². The molecule has 21 N–H and O–H groups in total. The molecule has 0 radical (unpaired) electrons. The molecule has 0 rings (SSSR count). The quantitative estimate of drug-likeness (QED) is 0.0283. The van der Waals surface area contributed by atoms with Crippen molar-refractivity contribution in [2.75, 3.05) is 111 Å². The number of amides is 15. The van der Waals surface area contributed by atoms with E-state index in [4.69, 9.17) is 0 Å². The van der Waals surface area contributed by atoms with E-state index in [2.05, 4.69) is 252 Å². The van der Waals surface area contributed by atoms with Gasteiger partial charge in [-0.25, -0.2) is 0 Å². The molecule has 0 unspecified atom stereocenters. The van der Waals surface area contributed by atoms with E-state index in [9.17, 15) is 71.9 Å². The zero-order valence-corrected chi connectivity index (χ0v) is 91.6. The lowest BCUT2D eigenvalue weighted by Gasteiger charge is -2.41. The Morgan fingerprint density at radius 2 is 0.376 bits per heavy atom. The fourth-order valence-corrected chi connectivity index (χ4v) is 10.8. The molecule has 0 aliphatic rings. The lowest BCUT2D eigenvalue weighted by Crippen LogP contribution is -2.68. The van der Waals surface area contributed by atoms with Gasteiger partial charge in [-0.15, -0.1) is 0 Å². The van der Waals surface area contributed by atoms with E-state index in [0.29, 0.717) is 129 Å². The molecule has 0 bridgehead atoms. The maximum Gasteiger partial charge on any atom is 0.246 e. The van der Waals surface area contributed by atoms with E-state index in [1.165, 1.54) is 0 Å². The predicted molar refractivity (Wildman–Crippen MR) is 574 cm³/mol. The molecule has 15 amide bonds. The summed E-state index contributed by atoms with van der Waals surface area (Å²) in [7, 11) is 0. The van der Waals surface area contributed by atoms with E-state index < -0.39 is 16.6 Å². The number of carbonyl (C=O) groups is 15. The van der Waals surface area contributed by atoms with E-state index in [1.54, 1.807) is 104 Å². The summed E-state index contributed by atoms with van der Waals surface area (Å²) in [6, 6.07) is 0.151. The monoisotopic (exact) mass is 1980 g/mol. The minimum absolute atomic E-state index is 0.0356. The minimum Gasteiger partial charge on any atom is -0.351 e. The average molecular weight is 1980 g/mol. The molecule has 0 saturated heterocycles. The fraction of sp³-hybridized carbons (Fsp3) is 0.571. The van der Waals surface area contributed by atoms with Gasteiger partial charge in [-0.05, 0) is 156 Å². The first-order valence-electron chi connectivity index (χ1n) is 46.7. The summed E-state index contributed by atoms with van der Waals surface area (Å²) in [5.74, 6) is -3.73. The van der Waals surface area contributed by atoms with Crippen LogP contribution in [0.4, 0.5) is 0 Å². The summed E-state index contributed by atoms with van der Waals surface area (Å²) >= 11 is 0. The first-order valence-corrected chi connectivity index (χ1v) is 46.7. The summed E-state index contributed by atoms with van der Waals surface area (Å²) in [4.78, 5) is 177. The van der Waals surface area contributed by atoms with E-state index >= 15 is 0 Å². The Morgan fingerprint density at radius 1 is 0.199 bits per heavy atom.